The van der Waals surface area contributed by atoms with Gasteiger partial charge in [-0.1, -0.05) is 77.9 Å². The molecule has 0 aliphatic rings. The quantitative estimate of drug-likeness (QED) is 0.145. The highest BCUT2D eigenvalue weighted by Gasteiger charge is 2.46. The molecule has 38 heavy (non-hydrogen) atoms. The zero-order chi connectivity index (χ0) is 27.4. The Balaban J connectivity index is 1.84. The number of nitrogens with zero attached hydrogens (tertiary/aromatic N) is 2. The highest BCUT2D eigenvalue weighted by Crippen LogP contribution is 2.45. The molecule has 0 saturated heterocycles. The van der Waals surface area contributed by atoms with Crippen LogP contribution >= 0.6 is 0 Å². The number of ether oxygens (including phenoxy) is 2. The predicted octanol–water partition coefficient (Wildman–Crippen LogP) is 8.27. The van der Waals surface area contributed by atoms with Gasteiger partial charge in [0.2, 0.25) is 0 Å². The van der Waals surface area contributed by atoms with Gasteiger partial charge in [0.1, 0.15) is 12.3 Å². The Morgan fingerprint density at radius 3 is 2.16 bits per heavy atom. The first-order valence-corrected chi connectivity index (χ1v) is 15.8. The largest absolute Gasteiger partial charge is 0.489 e. The summed E-state index contributed by atoms with van der Waals surface area (Å²) in [4.78, 5) is 19.1. The Hall–Kier alpha value is -3.38. The third kappa shape index (κ3) is 4.89. The third-order valence-electron chi connectivity index (χ3n) is 7.75. The van der Waals surface area contributed by atoms with E-state index in [1.54, 1.807) is 0 Å². The molecule has 6 heteroatoms. The lowest BCUT2D eigenvalue weighted by Crippen LogP contribution is -2.51. The third-order valence-corrected chi connectivity index (χ3v) is 14.5. The fourth-order valence-electron chi connectivity index (χ4n) is 6.35. The number of hydrogen-bond donors (Lipinski definition) is 0. The van der Waals surface area contributed by atoms with Crippen LogP contribution in [0.25, 0.3) is 11.0 Å². The zero-order valence-electron chi connectivity index (χ0n) is 23.7. The van der Waals surface area contributed by atoms with Gasteiger partial charge in [0.25, 0.3) is 0 Å². The smallest absolute Gasteiger partial charge is 0.199 e. The summed E-state index contributed by atoms with van der Waals surface area (Å²) in [6.07, 6.45) is 3.91. The van der Waals surface area contributed by atoms with Crippen molar-refractivity contribution in [1.29, 1.82) is 0 Å². The Labute approximate surface area is 227 Å². The molecule has 0 bridgehead atoms. The van der Waals surface area contributed by atoms with Crippen LogP contribution in [-0.2, 0) is 6.61 Å². The molecule has 2 heterocycles. The second kappa shape index (κ2) is 11.6. The van der Waals surface area contributed by atoms with E-state index in [9.17, 15) is 4.79 Å². The molecule has 0 saturated carbocycles. The number of fused-ring (bicyclic) bond motifs is 1. The van der Waals surface area contributed by atoms with Gasteiger partial charge in [0, 0.05) is 23.3 Å². The maximum Gasteiger partial charge on any atom is 0.199 e. The zero-order valence-corrected chi connectivity index (χ0v) is 24.7. The molecule has 200 valence electrons. The monoisotopic (exact) mass is 528 g/mol. The minimum Gasteiger partial charge on any atom is -0.489 e. The van der Waals surface area contributed by atoms with Gasteiger partial charge >= 0.3 is 0 Å². The molecule has 2 aromatic carbocycles. The second-order valence-electron chi connectivity index (χ2n) is 10.8. The van der Waals surface area contributed by atoms with Crippen molar-refractivity contribution >= 4 is 25.1 Å². The first-order valence-electron chi connectivity index (χ1n) is 13.7. The normalized spacial score (nSPS) is 12.1. The Bertz CT molecular complexity index is 1370. The molecule has 0 amide bonds. The van der Waals surface area contributed by atoms with Crippen molar-refractivity contribution in [3.8, 4) is 11.5 Å². The van der Waals surface area contributed by atoms with Crippen LogP contribution in [0, 0.1) is 0 Å². The average Bonchev–Trinajstić information content (AvgIpc) is 3.28. The van der Waals surface area contributed by atoms with Crippen LogP contribution in [0.1, 0.15) is 70.0 Å². The van der Waals surface area contributed by atoms with Crippen LogP contribution < -0.4 is 9.47 Å². The molecule has 0 aliphatic heterocycles. The second-order valence-corrected chi connectivity index (χ2v) is 16.5. The number of ketones is 1. The minimum atomic E-state index is -2.14. The minimum absolute atomic E-state index is 0.0745. The van der Waals surface area contributed by atoms with E-state index in [0.717, 1.165) is 16.6 Å². The highest BCUT2D eigenvalue weighted by atomic mass is 28.3. The number of carbonyl (C=O) groups is 1. The molecule has 0 unspecified atom stereocenters. The van der Waals surface area contributed by atoms with E-state index >= 15 is 0 Å². The van der Waals surface area contributed by atoms with Crippen LogP contribution in [-0.4, -0.2) is 29.8 Å². The van der Waals surface area contributed by atoms with E-state index in [4.69, 9.17) is 14.5 Å². The van der Waals surface area contributed by atoms with Crippen molar-refractivity contribution in [3.63, 3.8) is 0 Å². The van der Waals surface area contributed by atoms with Crippen molar-refractivity contribution in [2.45, 2.75) is 71.7 Å². The van der Waals surface area contributed by atoms with Gasteiger partial charge in [-0.15, -0.1) is 0 Å². The summed E-state index contributed by atoms with van der Waals surface area (Å²) >= 11 is 0. The molecule has 4 aromatic rings. The number of benzene rings is 2. The van der Waals surface area contributed by atoms with E-state index in [0.29, 0.717) is 52.5 Å². The fourth-order valence-corrected chi connectivity index (χ4v) is 12.9. The maximum absolute atomic E-state index is 14.3. The lowest BCUT2D eigenvalue weighted by molar-refractivity contribution is 0.103. The average molecular weight is 529 g/mol. The maximum atomic E-state index is 14.3. The van der Waals surface area contributed by atoms with Crippen LogP contribution in [0.4, 0.5) is 0 Å². The summed E-state index contributed by atoms with van der Waals surface area (Å²) in [6, 6.07) is 19.5. The summed E-state index contributed by atoms with van der Waals surface area (Å²) in [7, 11) is -2.14. The van der Waals surface area contributed by atoms with Gasteiger partial charge in [0.15, 0.2) is 25.5 Å². The van der Waals surface area contributed by atoms with Gasteiger partial charge in [0.05, 0.1) is 12.2 Å². The first-order chi connectivity index (χ1) is 18.2. The molecule has 0 fully saturated rings. The summed E-state index contributed by atoms with van der Waals surface area (Å²) in [5, 5.41) is 0.884. The molecule has 2 aromatic heterocycles. The van der Waals surface area contributed by atoms with E-state index in [1.165, 1.54) is 0 Å². The molecular weight excluding hydrogens is 488 g/mol. The topological polar surface area (TPSA) is 53.4 Å². The van der Waals surface area contributed by atoms with Gasteiger partial charge < -0.3 is 13.7 Å². The van der Waals surface area contributed by atoms with E-state index < -0.39 is 8.24 Å². The highest BCUT2D eigenvalue weighted by molar-refractivity contribution is 6.82. The molecule has 0 atom stereocenters. The Morgan fingerprint density at radius 1 is 0.842 bits per heavy atom. The Morgan fingerprint density at radius 2 is 1.53 bits per heavy atom. The molecule has 0 spiro atoms. The number of para-hydroxylation sites is 1. The van der Waals surface area contributed by atoms with E-state index in [1.807, 2.05) is 73.8 Å². The van der Waals surface area contributed by atoms with Gasteiger partial charge in [-0.05, 0) is 53.4 Å². The summed E-state index contributed by atoms with van der Waals surface area (Å²) < 4.78 is 14.6. The van der Waals surface area contributed by atoms with E-state index in [2.05, 4.69) is 52.0 Å². The van der Waals surface area contributed by atoms with Crippen LogP contribution in [0.15, 0.2) is 73.1 Å². The van der Waals surface area contributed by atoms with Crippen LogP contribution in [0.5, 0.6) is 11.5 Å². The Kier molecular flexibility index (Phi) is 8.41. The first kappa shape index (κ1) is 27.6. The predicted molar refractivity (Wildman–Crippen MR) is 158 cm³/mol. The number of carbonyl (C=O) groups excluding carboxylic acids is 1. The summed E-state index contributed by atoms with van der Waals surface area (Å²) in [5.74, 6) is 0.981. The van der Waals surface area contributed by atoms with Crippen molar-refractivity contribution in [2.24, 2.45) is 0 Å². The lowest BCUT2D eigenvalue weighted by Gasteiger charge is -2.44. The molecule has 5 nitrogen and oxygen atoms in total. The fraction of sp³-hybridized carbons (Fsp3) is 0.375. The standard InChI is InChI=1S/C32H40N2O3Si/c1-8-36-31-27(16-12-18-29(31)37-21-25-14-10-9-11-15-25)30(35)28-20-34(32-26(28)17-13-19-33-32)38(22(2)3,23(4)5)24(6)7/h9-20,22-24H,8,21H2,1-7H3. The van der Waals surface area contributed by atoms with Crippen molar-refractivity contribution in [1.82, 2.24) is 9.22 Å². The van der Waals surface area contributed by atoms with Crippen molar-refractivity contribution < 1.29 is 14.3 Å². The van der Waals surface area contributed by atoms with Crippen molar-refractivity contribution in [3.05, 3.63) is 89.7 Å². The number of hydrogen-bond acceptors (Lipinski definition) is 4. The van der Waals surface area contributed by atoms with Crippen LogP contribution in [0.2, 0.25) is 16.6 Å². The SMILES string of the molecule is CCOc1c(OCc2ccccc2)cccc1C(=O)c1cn([Si](C(C)C)(C(C)C)C(C)C)c2ncccc12. The molecule has 4 rings (SSSR count). The van der Waals surface area contributed by atoms with E-state index in [-0.39, 0.29) is 5.78 Å². The van der Waals surface area contributed by atoms with Gasteiger partial charge in [-0.3, -0.25) is 4.79 Å². The number of pyridine rings is 1. The molecule has 0 radical (unpaired) electrons. The van der Waals surface area contributed by atoms with Crippen molar-refractivity contribution in [2.75, 3.05) is 6.61 Å². The molecule has 0 aliphatic carbocycles. The van der Waals surface area contributed by atoms with Gasteiger partial charge in [-0.2, -0.15) is 0 Å². The molecular formula is C32H40N2O3Si. The van der Waals surface area contributed by atoms with Gasteiger partial charge in [-0.25, -0.2) is 4.98 Å². The van der Waals surface area contributed by atoms with Crippen LogP contribution in [0.3, 0.4) is 0 Å². The lowest BCUT2D eigenvalue weighted by atomic mass is 10.0. The summed E-state index contributed by atoms with van der Waals surface area (Å²) in [6.45, 7) is 16.7. The summed E-state index contributed by atoms with van der Waals surface area (Å²) in [5.41, 5.74) is 4.52. The molecule has 0 N–H and O–H groups in total. The number of rotatable bonds is 11. The number of aromatic nitrogens is 2.